The van der Waals surface area contributed by atoms with Crippen molar-refractivity contribution in [1.82, 2.24) is 5.32 Å². The molecule has 1 atom stereocenters. The number of ether oxygens (including phenoxy) is 2. The van der Waals surface area contributed by atoms with Crippen molar-refractivity contribution in [3.8, 4) is 0 Å². The minimum atomic E-state index is -4.31. The van der Waals surface area contributed by atoms with E-state index in [1.165, 1.54) is 0 Å². The molecule has 10 nitrogen and oxygen atoms in total. The number of hydrogen-bond donors (Lipinski definition) is 2. The van der Waals surface area contributed by atoms with Crippen LogP contribution >= 0.6 is 7.60 Å². The van der Waals surface area contributed by atoms with E-state index in [9.17, 15) is 24.1 Å². The number of nitrogens with one attached hydrogen (secondary N) is 1. The van der Waals surface area contributed by atoms with E-state index in [-0.39, 0.29) is 51.4 Å². The minimum Gasteiger partial charge on any atom is -0.548 e. The SMILES string of the molecule is CC(C)C(=O)OCOC(=O)NCP(=O)(O)OCC(=O)[O-].[K+]. The molecule has 0 saturated heterocycles. The number of carbonyl (C=O) groups excluding carboxylic acids is 3. The monoisotopic (exact) mass is 351 g/mol. The maximum atomic E-state index is 11.2. The van der Waals surface area contributed by atoms with E-state index >= 15 is 0 Å². The molecule has 0 spiro atoms. The van der Waals surface area contributed by atoms with Gasteiger partial charge in [0.25, 0.3) is 0 Å². The molecule has 0 aliphatic rings. The first kappa shape index (κ1) is 23.3. The summed E-state index contributed by atoms with van der Waals surface area (Å²) in [5.41, 5.74) is 0. The summed E-state index contributed by atoms with van der Waals surface area (Å²) in [6, 6.07) is 0. The molecule has 116 valence electrons. The molecular weight excluding hydrogens is 336 g/mol. The summed E-state index contributed by atoms with van der Waals surface area (Å²) in [4.78, 5) is 41.1. The zero-order valence-electron chi connectivity index (χ0n) is 11.9. The Morgan fingerprint density at radius 2 is 1.86 bits per heavy atom. The summed E-state index contributed by atoms with van der Waals surface area (Å²) in [5.74, 6) is -2.65. The maximum absolute atomic E-state index is 11.2. The molecule has 1 amide bonds. The van der Waals surface area contributed by atoms with Crippen molar-refractivity contribution in [2.24, 2.45) is 5.92 Å². The summed E-state index contributed by atoms with van der Waals surface area (Å²) in [6.07, 6.45) is -2.00. The number of carboxylic acid groups (broad SMARTS) is 1. The molecule has 0 saturated carbocycles. The standard InChI is InChI=1S/C9H16NO9P.K/c1-6(2)8(13)17-5-18-9(14)10-4-20(15,16)19-3-7(11)12;/h6H,3-5H2,1-2H3,(H,10,14)(H,11,12)(H,15,16);/q;+1/p-1. The second-order valence-corrected chi connectivity index (χ2v) is 5.63. The van der Waals surface area contributed by atoms with Crippen molar-refractivity contribution < 1.29 is 94.3 Å². The van der Waals surface area contributed by atoms with Crippen molar-refractivity contribution in [1.29, 1.82) is 0 Å². The number of carboxylic acids is 1. The van der Waals surface area contributed by atoms with Crippen LogP contribution in [0.5, 0.6) is 0 Å². The van der Waals surface area contributed by atoms with Crippen LogP contribution in [0.1, 0.15) is 13.8 Å². The Morgan fingerprint density at radius 1 is 1.29 bits per heavy atom. The van der Waals surface area contributed by atoms with Crippen LogP contribution in [0.15, 0.2) is 0 Å². The molecule has 1 unspecified atom stereocenters. The van der Waals surface area contributed by atoms with E-state index in [2.05, 4.69) is 14.0 Å². The predicted molar refractivity (Wildman–Crippen MR) is 61.1 cm³/mol. The largest absolute Gasteiger partial charge is 1.00 e. The van der Waals surface area contributed by atoms with E-state index in [4.69, 9.17) is 4.89 Å². The topological polar surface area (TPSA) is 151 Å². The quantitative estimate of drug-likeness (QED) is 0.192. The van der Waals surface area contributed by atoms with Crippen LogP contribution < -0.4 is 61.8 Å². The number of esters is 1. The van der Waals surface area contributed by atoms with Crippen LogP contribution in [-0.2, 0) is 28.2 Å². The van der Waals surface area contributed by atoms with Crippen molar-refractivity contribution in [3.63, 3.8) is 0 Å². The fourth-order valence-corrected chi connectivity index (χ4v) is 1.45. The van der Waals surface area contributed by atoms with E-state index < -0.39 is 51.2 Å². The third kappa shape index (κ3) is 13.4. The number of carbonyl (C=O) groups is 3. The zero-order chi connectivity index (χ0) is 15.8. The molecule has 0 radical (unpaired) electrons. The average molecular weight is 351 g/mol. The fraction of sp³-hybridized carbons (Fsp3) is 0.667. The van der Waals surface area contributed by atoms with Gasteiger partial charge in [0.2, 0.25) is 6.79 Å². The molecule has 0 aromatic heterocycles. The molecule has 0 aromatic carbocycles. The summed E-state index contributed by atoms with van der Waals surface area (Å²) >= 11 is 0. The molecule has 0 aliphatic carbocycles. The molecule has 0 aliphatic heterocycles. The van der Waals surface area contributed by atoms with Gasteiger partial charge in [-0.1, -0.05) is 13.8 Å². The van der Waals surface area contributed by atoms with Gasteiger partial charge in [-0.3, -0.25) is 9.36 Å². The third-order valence-corrected chi connectivity index (χ3v) is 2.76. The van der Waals surface area contributed by atoms with Crippen molar-refractivity contribution >= 4 is 25.6 Å². The smallest absolute Gasteiger partial charge is 0.548 e. The predicted octanol–water partition coefficient (Wildman–Crippen LogP) is -4.22. The molecule has 0 rings (SSSR count). The second-order valence-electron chi connectivity index (χ2n) is 3.79. The number of aliphatic carboxylic acids is 1. The van der Waals surface area contributed by atoms with Gasteiger partial charge < -0.3 is 34.1 Å². The number of amides is 1. The van der Waals surface area contributed by atoms with Crippen LogP contribution in [0.25, 0.3) is 0 Å². The molecule has 21 heavy (non-hydrogen) atoms. The summed E-state index contributed by atoms with van der Waals surface area (Å²) in [7, 11) is -4.31. The van der Waals surface area contributed by atoms with E-state index in [1.807, 2.05) is 5.32 Å². The van der Waals surface area contributed by atoms with Crippen molar-refractivity contribution in [2.75, 3.05) is 19.7 Å². The van der Waals surface area contributed by atoms with Crippen LogP contribution in [0.3, 0.4) is 0 Å². The molecule has 0 bridgehead atoms. The summed E-state index contributed by atoms with van der Waals surface area (Å²) in [5, 5.41) is 11.9. The zero-order valence-corrected chi connectivity index (χ0v) is 15.9. The van der Waals surface area contributed by atoms with Gasteiger partial charge in [-0.2, -0.15) is 0 Å². The molecule has 0 fully saturated rings. The Morgan fingerprint density at radius 3 is 2.33 bits per heavy atom. The van der Waals surface area contributed by atoms with Gasteiger partial charge in [-0.25, -0.2) is 4.79 Å². The van der Waals surface area contributed by atoms with Crippen molar-refractivity contribution in [3.05, 3.63) is 0 Å². The number of hydrogen-bond acceptors (Lipinski definition) is 8. The third-order valence-electron chi connectivity index (χ3n) is 1.67. The molecule has 2 N–H and O–H groups in total. The van der Waals surface area contributed by atoms with Gasteiger partial charge in [0, 0.05) is 0 Å². The Labute approximate surface area is 163 Å². The Hall–Kier alpha value is -0.00364. The summed E-state index contributed by atoms with van der Waals surface area (Å²) < 4.78 is 24.2. The molecule has 0 heterocycles. The van der Waals surface area contributed by atoms with Crippen LogP contribution in [0.4, 0.5) is 4.79 Å². The Kier molecular flexibility index (Phi) is 12.8. The van der Waals surface area contributed by atoms with E-state index in [0.29, 0.717) is 0 Å². The average Bonchev–Trinajstić information content (AvgIpc) is 2.34. The normalized spacial score (nSPS) is 12.8. The van der Waals surface area contributed by atoms with Gasteiger partial charge in [0.15, 0.2) is 0 Å². The molecular formula is C9H15KNO9P. The van der Waals surface area contributed by atoms with Gasteiger partial charge in [-0.05, 0) is 0 Å². The maximum Gasteiger partial charge on any atom is 1.00 e. The van der Waals surface area contributed by atoms with Gasteiger partial charge in [0.1, 0.15) is 6.29 Å². The van der Waals surface area contributed by atoms with E-state index in [0.717, 1.165) is 0 Å². The van der Waals surface area contributed by atoms with Gasteiger partial charge >= 0.3 is 71.0 Å². The first-order chi connectivity index (χ1) is 9.14. The Bertz CT molecular complexity index is 414. The Balaban J connectivity index is 0. The minimum absolute atomic E-state index is 0. The number of rotatable bonds is 8. The van der Waals surface area contributed by atoms with Gasteiger partial charge in [0.05, 0.1) is 18.5 Å². The first-order valence-corrected chi connectivity index (χ1v) is 7.14. The fourth-order valence-electron chi connectivity index (χ4n) is 0.722. The molecule has 12 heteroatoms. The number of alkyl carbamates (subject to hydrolysis) is 1. The first-order valence-electron chi connectivity index (χ1n) is 5.37. The molecule has 0 aromatic rings. The van der Waals surface area contributed by atoms with Gasteiger partial charge in [-0.15, -0.1) is 0 Å². The van der Waals surface area contributed by atoms with E-state index in [1.54, 1.807) is 13.8 Å². The van der Waals surface area contributed by atoms with Crippen LogP contribution in [0.2, 0.25) is 0 Å². The summed E-state index contributed by atoms with van der Waals surface area (Å²) in [6.45, 7) is 1.42. The van der Waals surface area contributed by atoms with Crippen LogP contribution in [0, 0.1) is 5.92 Å². The second kappa shape index (κ2) is 11.5. The van der Waals surface area contributed by atoms with Crippen LogP contribution in [-0.4, -0.2) is 42.6 Å². The van der Waals surface area contributed by atoms with Crippen molar-refractivity contribution in [2.45, 2.75) is 13.8 Å².